The van der Waals surface area contributed by atoms with Crippen LogP contribution in [-0.4, -0.2) is 49.9 Å². The summed E-state index contributed by atoms with van der Waals surface area (Å²) in [5, 5.41) is 19.2. The van der Waals surface area contributed by atoms with Gasteiger partial charge in [0.15, 0.2) is 11.3 Å². The van der Waals surface area contributed by atoms with Gasteiger partial charge in [0.1, 0.15) is 11.7 Å². The first-order valence-corrected chi connectivity index (χ1v) is 11.4. The van der Waals surface area contributed by atoms with Gasteiger partial charge in [-0.2, -0.15) is 15.3 Å². The molecule has 0 saturated carbocycles. The van der Waals surface area contributed by atoms with E-state index in [9.17, 15) is 10.1 Å². The maximum atomic E-state index is 11.2. The van der Waals surface area contributed by atoms with Gasteiger partial charge in [-0.25, -0.2) is 14.8 Å². The Labute approximate surface area is 197 Å². The van der Waals surface area contributed by atoms with Gasteiger partial charge in [-0.3, -0.25) is 5.10 Å². The average molecular weight is 483 g/mol. The molecule has 10 nitrogen and oxygen atoms in total. The molecule has 0 radical (unpaired) electrons. The van der Waals surface area contributed by atoms with Gasteiger partial charge in [0.05, 0.1) is 31.3 Å². The summed E-state index contributed by atoms with van der Waals surface area (Å²) in [6, 6.07) is 5.93. The van der Waals surface area contributed by atoms with Crippen molar-refractivity contribution in [3.8, 4) is 17.3 Å². The Morgan fingerprint density at radius 3 is 2.79 bits per heavy atom. The molecule has 1 saturated heterocycles. The molecule has 4 heterocycles. The van der Waals surface area contributed by atoms with Crippen molar-refractivity contribution < 1.29 is 9.53 Å². The number of aromatic nitrogens is 5. The van der Waals surface area contributed by atoms with Crippen LogP contribution in [0.1, 0.15) is 30.5 Å². The summed E-state index contributed by atoms with van der Waals surface area (Å²) in [7, 11) is 0. The summed E-state index contributed by atoms with van der Waals surface area (Å²) >= 11 is 8.21. The molecular formula is C21H19ClN8O2S. The van der Waals surface area contributed by atoms with Gasteiger partial charge in [-0.05, 0) is 26.0 Å². The second-order valence-corrected chi connectivity index (χ2v) is 9.73. The molecule has 4 aromatic rings. The van der Waals surface area contributed by atoms with Crippen LogP contribution in [0.15, 0.2) is 12.1 Å². The Kier molecular flexibility index (Phi) is 5.07. The number of nitriles is 1. The first-order chi connectivity index (χ1) is 15.8. The van der Waals surface area contributed by atoms with Crippen molar-refractivity contribution in [1.29, 1.82) is 5.26 Å². The standard InChI is InChI=1S/C21H19ClN8O2S/c1-10-25-12-4-3-11(15(22)17(12)33-10)16-14-13(9-23)26-20(27-18(14)29-28-16)30-7-5-21(2,6-8-30)32-19(24)31/h3-4H,5-8H2,1-2H3,(H2,24,31)(H,26,27,28,29). The number of halogens is 1. The number of nitrogens with two attached hydrogens (primary N) is 1. The van der Waals surface area contributed by atoms with Crippen LogP contribution in [0.2, 0.25) is 5.02 Å². The van der Waals surface area contributed by atoms with Crippen LogP contribution in [0.25, 0.3) is 32.5 Å². The van der Waals surface area contributed by atoms with E-state index >= 15 is 0 Å². The van der Waals surface area contributed by atoms with E-state index in [4.69, 9.17) is 22.1 Å². The molecule has 1 amide bonds. The molecular weight excluding hydrogens is 464 g/mol. The quantitative estimate of drug-likeness (QED) is 0.446. The SMILES string of the molecule is Cc1nc2ccc(-c3[nH]nc4nc(N5CCC(C)(OC(N)=O)CC5)nc(C#N)c34)c(Cl)c2s1. The maximum Gasteiger partial charge on any atom is 0.405 e. The van der Waals surface area contributed by atoms with E-state index in [-0.39, 0.29) is 5.69 Å². The Balaban J connectivity index is 1.53. The number of nitrogens with zero attached hydrogens (tertiary/aromatic N) is 6. The lowest BCUT2D eigenvalue weighted by molar-refractivity contribution is 0.0125. The monoisotopic (exact) mass is 482 g/mol. The van der Waals surface area contributed by atoms with Crippen molar-refractivity contribution in [3.05, 3.63) is 27.9 Å². The number of thiazole rings is 1. The Morgan fingerprint density at radius 2 is 2.09 bits per heavy atom. The van der Waals surface area contributed by atoms with Crippen molar-refractivity contribution >= 4 is 56.2 Å². The van der Waals surface area contributed by atoms with Crippen molar-refractivity contribution in [1.82, 2.24) is 25.1 Å². The molecule has 168 valence electrons. The third-order valence-electron chi connectivity index (χ3n) is 5.83. The van der Waals surface area contributed by atoms with Gasteiger partial charge in [-0.1, -0.05) is 11.6 Å². The van der Waals surface area contributed by atoms with E-state index in [0.717, 1.165) is 15.2 Å². The molecule has 1 aliphatic rings. The smallest absolute Gasteiger partial charge is 0.405 e. The zero-order chi connectivity index (χ0) is 23.3. The number of aromatic amines is 1. The van der Waals surface area contributed by atoms with Crippen LogP contribution in [0.3, 0.4) is 0 Å². The molecule has 0 spiro atoms. The molecule has 3 aromatic heterocycles. The minimum atomic E-state index is -0.787. The molecule has 0 atom stereocenters. The molecule has 0 bridgehead atoms. The number of amides is 1. The Hall–Kier alpha value is -3.49. The summed E-state index contributed by atoms with van der Waals surface area (Å²) in [5.74, 6) is 0.401. The number of piperidine rings is 1. The fourth-order valence-corrected chi connectivity index (χ4v) is 5.35. The lowest BCUT2D eigenvalue weighted by atomic mass is 9.93. The zero-order valence-electron chi connectivity index (χ0n) is 17.8. The third kappa shape index (κ3) is 3.71. The van der Waals surface area contributed by atoms with Crippen molar-refractivity contribution in [2.75, 3.05) is 18.0 Å². The third-order valence-corrected chi connectivity index (χ3v) is 7.34. The topological polar surface area (TPSA) is 147 Å². The van der Waals surface area contributed by atoms with Crippen LogP contribution in [0.4, 0.5) is 10.7 Å². The summed E-state index contributed by atoms with van der Waals surface area (Å²) in [4.78, 5) is 26.7. The fraction of sp³-hybridized carbons (Fsp3) is 0.333. The van der Waals surface area contributed by atoms with E-state index in [1.807, 2.05) is 30.9 Å². The second kappa shape index (κ2) is 7.83. The lowest BCUT2D eigenvalue weighted by Gasteiger charge is -2.38. The number of anilines is 1. The first-order valence-electron chi connectivity index (χ1n) is 10.2. The molecule has 12 heteroatoms. The lowest BCUT2D eigenvalue weighted by Crippen LogP contribution is -2.46. The number of carbonyl (C=O) groups is 1. The number of carbonyl (C=O) groups excluding carboxylic acids is 1. The highest BCUT2D eigenvalue weighted by molar-refractivity contribution is 7.19. The number of hydrogen-bond acceptors (Lipinski definition) is 9. The van der Waals surface area contributed by atoms with Crippen LogP contribution in [0, 0.1) is 18.3 Å². The Morgan fingerprint density at radius 1 is 1.33 bits per heavy atom. The van der Waals surface area contributed by atoms with E-state index in [1.165, 1.54) is 11.3 Å². The van der Waals surface area contributed by atoms with E-state index in [2.05, 4.69) is 31.2 Å². The largest absolute Gasteiger partial charge is 0.443 e. The number of hydrogen-bond donors (Lipinski definition) is 2. The van der Waals surface area contributed by atoms with Crippen molar-refractivity contribution in [2.45, 2.75) is 32.3 Å². The summed E-state index contributed by atoms with van der Waals surface area (Å²) in [6.07, 6.45) is 0.342. The van der Waals surface area contributed by atoms with Crippen LogP contribution in [-0.2, 0) is 4.74 Å². The van der Waals surface area contributed by atoms with Crippen LogP contribution < -0.4 is 10.6 Å². The molecule has 1 aliphatic heterocycles. The van der Waals surface area contributed by atoms with E-state index in [0.29, 0.717) is 59.2 Å². The number of fused-ring (bicyclic) bond motifs is 2. The minimum Gasteiger partial charge on any atom is -0.443 e. The van der Waals surface area contributed by atoms with Gasteiger partial charge >= 0.3 is 6.09 Å². The number of nitrogens with one attached hydrogen (secondary N) is 1. The predicted octanol–water partition coefficient (Wildman–Crippen LogP) is 3.92. The summed E-state index contributed by atoms with van der Waals surface area (Å²) < 4.78 is 6.13. The number of benzene rings is 1. The van der Waals surface area contributed by atoms with Crippen molar-refractivity contribution in [2.24, 2.45) is 5.73 Å². The molecule has 1 aromatic carbocycles. The molecule has 0 unspecified atom stereocenters. The summed E-state index contributed by atoms with van der Waals surface area (Å²) in [6.45, 7) is 4.87. The van der Waals surface area contributed by atoms with E-state index < -0.39 is 11.7 Å². The molecule has 1 fully saturated rings. The molecule has 33 heavy (non-hydrogen) atoms. The van der Waals surface area contributed by atoms with E-state index in [1.54, 1.807) is 0 Å². The average Bonchev–Trinajstić information content (AvgIpc) is 3.36. The number of rotatable bonds is 3. The predicted molar refractivity (Wildman–Crippen MR) is 125 cm³/mol. The minimum absolute atomic E-state index is 0.206. The molecule has 5 rings (SSSR count). The van der Waals surface area contributed by atoms with Crippen molar-refractivity contribution in [3.63, 3.8) is 0 Å². The van der Waals surface area contributed by atoms with Gasteiger partial charge in [-0.15, -0.1) is 11.3 Å². The number of primary amides is 1. The van der Waals surface area contributed by atoms with Crippen LogP contribution in [0.5, 0.6) is 0 Å². The van der Waals surface area contributed by atoms with Gasteiger partial charge in [0, 0.05) is 31.5 Å². The normalized spacial score (nSPS) is 15.6. The van der Waals surface area contributed by atoms with Gasteiger partial charge in [0.2, 0.25) is 5.95 Å². The second-order valence-electron chi connectivity index (χ2n) is 8.15. The van der Waals surface area contributed by atoms with Gasteiger partial charge in [0.25, 0.3) is 0 Å². The molecule has 3 N–H and O–H groups in total. The highest BCUT2D eigenvalue weighted by Crippen LogP contribution is 2.39. The fourth-order valence-electron chi connectivity index (χ4n) is 4.12. The summed E-state index contributed by atoms with van der Waals surface area (Å²) in [5.41, 5.74) is 7.27. The number of H-pyrrole nitrogens is 1. The highest BCUT2D eigenvalue weighted by atomic mass is 35.5. The Bertz CT molecular complexity index is 1450. The zero-order valence-corrected chi connectivity index (χ0v) is 19.4. The first kappa shape index (κ1) is 21.4. The maximum absolute atomic E-state index is 11.2. The number of ether oxygens (including phenoxy) is 1. The molecule has 0 aliphatic carbocycles. The highest BCUT2D eigenvalue weighted by Gasteiger charge is 2.34. The van der Waals surface area contributed by atoms with Gasteiger partial charge < -0.3 is 15.4 Å². The van der Waals surface area contributed by atoms with Crippen LogP contribution >= 0.6 is 22.9 Å². The number of aryl methyl sites for hydroxylation is 1.